The van der Waals surface area contributed by atoms with E-state index in [0.717, 1.165) is 61.9 Å². The number of ether oxygens (including phenoxy) is 2. The molecule has 1 aromatic heterocycles. The number of rotatable bonds is 10. The number of carbonyl (C=O) groups is 1. The summed E-state index contributed by atoms with van der Waals surface area (Å²) >= 11 is 0. The summed E-state index contributed by atoms with van der Waals surface area (Å²) in [5.41, 5.74) is 2.83. The zero-order chi connectivity index (χ0) is 31.2. The number of carbonyl (C=O) groups excluding carboxylic acids is 1. The predicted molar refractivity (Wildman–Crippen MR) is 178 cm³/mol. The van der Waals surface area contributed by atoms with Gasteiger partial charge in [-0.05, 0) is 80.6 Å². The predicted octanol–water partition coefficient (Wildman–Crippen LogP) is 6.51. The van der Waals surface area contributed by atoms with Gasteiger partial charge in [-0.2, -0.15) is 0 Å². The quantitative estimate of drug-likeness (QED) is 0.182. The maximum absolute atomic E-state index is 13.4. The molecule has 0 radical (unpaired) electrons. The van der Waals surface area contributed by atoms with E-state index >= 15 is 0 Å². The van der Waals surface area contributed by atoms with E-state index in [-0.39, 0.29) is 16.9 Å². The van der Waals surface area contributed by atoms with Crippen LogP contribution < -0.4 is 25.1 Å². The molecule has 1 fully saturated rings. The molecule has 0 spiro atoms. The number of benzene rings is 4. The third kappa shape index (κ3) is 6.71. The fourth-order valence-electron chi connectivity index (χ4n) is 5.77. The number of piperazine rings is 1. The molecular weight excluding hydrogens is 566 g/mol. The second kappa shape index (κ2) is 13.7. The van der Waals surface area contributed by atoms with Crippen LogP contribution in [0.3, 0.4) is 0 Å². The van der Waals surface area contributed by atoms with Crippen LogP contribution in [0.2, 0.25) is 0 Å². The van der Waals surface area contributed by atoms with Crippen LogP contribution in [0.4, 0.5) is 5.69 Å². The number of hydrogen-bond donors (Lipinski definition) is 1. The molecule has 8 nitrogen and oxygen atoms in total. The first-order chi connectivity index (χ1) is 22.0. The van der Waals surface area contributed by atoms with Crippen LogP contribution in [0.15, 0.2) is 106 Å². The van der Waals surface area contributed by atoms with Crippen molar-refractivity contribution in [1.29, 1.82) is 0 Å². The Balaban J connectivity index is 1.09. The van der Waals surface area contributed by atoms with Gasteiger partial charge in [0.15, 0.2) is 11.0 Å². The Morgan fingerprint density at radius 1 is 0.844 bits per heavy atom. The molecule has 0 saturated carbocycles. The fraction of sp³-hybridized carbons (Fsp3) is 0.243. The van der Waals surface area contributed by atoms with Crippen LogP contribution in [0.5, 0.6) is 17.2 Å². The van der Waals surface area contributed by atoms with Gasteiger partial charge in [0.05, 0.1) is 23.7 Å². The van der Waals surface area contributed by atoms with Gasteiger partial charge in [-0.3, -0.25) is 14.5 Å². The highest BCUT2D eigenvalue weighted by Gasteiger charge is 2.21. The van der Waals surface area contributed by atoms with Crippen LogP contribution in [-0.2, 0) is 0 Å². The maximum atomic E-state index is 13.4. The lowest BCUT2D eigenvalue weighted by atomic mass is 10.0. The van der Waals surface area contributed by atoms with E-state index in [4.69, 9.17) is 13.9 Å². The number of para-hydroxylation sites is 4. The minimum Gasteiger partial charge on any atom is -0.495 e. The number of anilines is 1. The Bertz CT molecular complexity index is 1830. The van der Waals surface area contributed by atoms with Gasteiger partial charge in [-0.25, -0.2) is 0 Å². The third-order valence-electron chi connectivity index (χ3n) is 8.22. The van der Waals surface area contributed by atoms with E-state index in [1.54, 1.807) is 32.2 Å². The lowest BCUT2D eigenvalue weighted by Crippen LogP contribution is -2.47. The molecule has 1 aliphatic heterocycles. The average Bonchev–Trinajstić information content (AvgIpc) is 3.09. The molecule has 0 aliphatic carbocycles. The summed E-state index contributed by atoms with van der Waals surface area (Å²) < 4.78 is 17.7. The van der Waals surface area contributed by atoms with Gasteiger partial charge < -0.3 is 24.1 Å². The highest BCUT2D eigenvalue weighted by molar-refractivity contribution is 6.05. The van der Waals surface area contributed by atoms with Crippen LogP contribution in [0.1, 0.15) is 22.3 Å². The summed E-state index contributed by atoms with van der Waals surface area (Å²) in [7, 11) is 1.71. The zero-order valence-electron chi connectivity index (χ0n) is 25.6. The van der Waals surface area contributed by atoms with E-state index < -0.39 is 0 Å². The van der Waals surface area contributed by atoms with E-state index in [1.165, 1.54) is 0 Å². The first-order valence-corrected chi connectivity index (χ1v) is 15.3. The van der Waals surface area contributed by atoms with Crippen LogP contribution in [-0.4, -0.2) is 57.2 Å². The highest BCUT2D eigenvalue weighted by Crippen LogP contribution is 2.31. The van der Waals surface area contributed by atoms with Crippen LogP contribution in [0, 0.1) is 6.92 Å². The molecule has 1 amide bonds. The van der Waals surface area contributed by atoms with Crippen molar-refractivity contribution in [3.8, 4) is 28.6 Å². The molecular formula is C37H37N3O5. The molecule has 5 aromatic rings. The summed E-state index contributed by atoms with van der Waals surface area (Å²) in [4.78, 5) is 31.4. The Labute approximate surface area is 262 Å². The maximum Gasteiger partial charge on any atom is 0.255 e. The smallest absolute Gasteiger partial charge is 0.255 e. The zero-order valence-corrected chi connectivity index (χ0v) is 25.6. The van der Waals surface area contributed by atoms with Gasteiger partial charge in [-0.15, -0.1) is 0 Å². The minimum atomic E-state index is -0.258. The van der Waals surface area contributed by atoms with Gasteiger partial charge in [0, 0.05) is 43.9 Å². The monoisotopic (exact) mass is 603 g/mol. The molecule has 0 bridgehead atoms. The first kappa shape index (κ1) is 30.0. The fourth-order valence-corrected chi connectivity index (χ4v) is 5.77. The SMILES string of the molecule is COc1ccccc1N1CCN(CCCNC(=O)c2cccc3c(=O)c(C)c(-c4ccc(Oc5ccccc5)cc4)oc23)CC1. The van der Waals surface area contributed by atoms with Crippen molar-refractivity contribution >= 4 is 22.6 Å². The molecule has 45 heavy (non-hydrogen) atoms. The molecule has 1 N–H and O–H groups in total. The molecule has 0 atom stereocenters. The van der Waals surface area contributed by atoms with Crippen molar-refractivity contribution in [2.24, 2.45) is 0 Å². The van der Waals surface area contributed by atoms with Crippen molar-refractivity contribution in [3.05, 3.63) is 118 Å². The molecule has 0 unspecified atom stereocenters. The Hall–Kier alpha value is -5.08. The average molecular weight is 604 g/mol. The summed E-state index contributed by atoms with van der Waals surface area (Å²) in [6.07, 6.45) is 0.816. The topological polar surface area (TPSA) is 84.2 Å². The van der Waals surface area contributed by atoms with E-state index in [2.05, 4.69) is 21.2 Å². The summed E-state index contributed by atoms with van der Waals surface area (Å²) in [6.45, 7) is 6.90. The normalized spacial score (nSPS) is 13.5. The number of amides is 1. The van der Waals surface area contributed by atoms with Gasteiger partial charge in [-0.1, -0.05) is 36.4 Å². The molecule has 1 aliphatic rings. The number of fused-ring (bicyclic) bond motifs is 1. The van der Waals surface area contributed by atoms with Gasteiger partial charge in [0.2, 0.25) is 0 Å². The Morgan fingerprint density at radius 3 is 2.31 bits per heavy atom. The summed E-state index contributed by atoms with van der Waals surface area (Å²) in [5, 5.41) is 3.42. The number of hydrogen-bond acceptors (Lipinski definition) is 7. The van der Waals surface area contributed by atoms with E-state index in [9.17, 15) is 9.59 Å². The highest BCUT2D eigenvalue weighted by atomic mass is 16.5. The molecule has 8 heteroatoms. The van der Waals surface area contributed by atoms with E-state index in [0.29, 0.717) is 34.6 Å². The largest absolute Gasteiger partial charge is 0.495 e. The first-order valence-electron chi connectivity index (χ1n) is 15.3. The standard InChI is InChI=1S/C37H37N3O5/c1-26-34(41)30-12-8-13-31(36(30)45-35(26)27-16-18-29(19-17-27)44-28-10-4-3-5-11-28)37(42)38-20-9-21-39-22-24-40(25-23-39)32-14-6-7-15-33(32)43-2/h3-8,10-19H,9,20-25H2,1-2H3,(H,38,42). The lowest BCUT2D eigenvalue weighted by molar-refractivity contribution is 0.0952. The Kier molecular flexibility index (Phi) is 9.12. The number of methoxy groups -OCH3 is 1. The minimum absolute atomic E-state index is 0.155. The van der Waals surface area contributed by atoms with Crippen LogP contribution >= 0.6 is 0 Å². The molecule has 6 rings (SSSR count). The second-order valence-electron chi connectivity index (χ2n) is 11.1. The second-order valence-corrected chi connectivity index (χ2v) is 11.1. The van der Waals surface area contributed by atoms with Crippen molar-refractivity contribution in [2.75, 3.05) is 51.3 Å². The van der Waals surface area contributed by atoms with Crippen LogP contribution in [0.25, 0.3) is 22.3 Å². The number of nitrogens with zero attached hydrogens (tertiary/aromatic N) is 2. The van der Waals surface area contributed by atoms with Gasteiger partial charge >= 0.3 is 0 Å². The lowest BCUT2D eigenvalue weighted by Gasteiger charge is -2.36. The molecule has 2 heterocycles. The Morgan fingerprint density at radius 2 is 1.56 bits per heavy atom. The third-order valence-corrected chi connectivity index (χ3v) is 8.22. The molecule has 230 valence electrons. The van der Waals surface area contributed by atoms with Crippen molar-refractivity contribution in [3.63, 3.8) is 0 Å². The van der Waals surface area contributed by atoms with E-state index in [1.807, 2.05) is 72.8 Å². The van der Waals surface area contributed by atoms with Gasteiger partial charge in [0.25, 0.3) is 5.91 Å². The van der Waals surface area contributed by atoms with Crippen molar-refractivity contribution in [1.82, 2.24) is 10.2 Å². The van der Waals surface area contributed by atoms with Gasteiger partial charge in [0.1, 0.15) is 23.0 Å². The molecule has 1 saturated heterocycles. The summed E-state index contributed by atoms with van der Waals surface area (Å²) in [5.74, 6) is 2.48. The number of nitrogens with one attached hydrogen (secondary N) is 1. The van der Waals surface area contributed by atoms with Crippen molar-refractivity contribution < 1.29 is 18.7 Å². The summed E-state index contributed by atoms with van der Waals surface area (Å²) in [6, 6.07) is 30.2. The molecule has 4 aromatic carbocycles. The van der Waals surface area contributed by atoms with Crippen molar-refractivity contribution in [2.45, 2.75) is 13.3 Å².